The highest BCUT2D eigenvalue weighted by atomic mass is 32.2. The van der Waals surface area contributed by atoms with E-state index in [4.69, 9.17) is 4.74 Å². The van der Waals surface area contributed by atoms with Gasteiger partial charge in [-0.25, -0.2) is 0 Å². The number of nitrogens with one attached hydrogen (secondary N) is 1. The summed E-state index contributed by atoms with van der Waals surface area (Å²) in [5, 5.41) is 2.97. The molecule has 1 aromatic carbocycles. The molecule has 0 spiro atoms. The zero-order chi connectivity index (χ0) is 17.0. The molecule has 0 radical (unpaired) electrons. The molecule has 23 heavy (non-hydrogen) atoms. The van der Waals surface area contributed by atoms with Gasteiger partial charge in [0.1, 0.15) is 6.04 Å². The van der Waals surface area contributed by atoms with Gasteiger partial charge in [0, 0.05) is 24.0 Å². The van der Waals surface area contributed by atoms with Gasteiger partial charge in [-0.05, 0) is 32.4 Å². The minimum Gasteiger partial charge on any atom is -0.380 e. The normalized spacial score (nSPS) is 18.1. The van der Waals surface area contributed by atoms with Crippen molar-refractivity contribution in [3.8, 4) is 0 Å². The summed E-state index contributed by atoms with van der Waals surface area (Å²) in [4.78, 5) is 27.0. The number of hydrogen-bond acceptors (Lipinski definition) is 4. The minimum atomic E-state index is -0.428. The fourth-order valence-corrected chi connectivity index (χ4v) is 3.63. The summed E-state index contributed by atoms with van der Waals surface area (Å²) in [5.41, 5.74) is 1.13. The first kappa shape index (κ1) is 17.8. The lowest BCUT2D eigenvalue weighted by molar-refractivity contribution is -0.125. The lowest BCUT2D eigenvalue weighted by Crippen LogP contribution is -2.52. The summed E-state index contributed by atoms with van der Waals surface area (Å²) >= 11 is 1.60. The lowest BCUT2D eigenvalue weighted by Gasteiger charge is -2.28. The van der Waals surface area contributed by atoms with Crippen molar-refractivity contribution >= 4 is 23.6 Å². The second kappa shape index (κ2) is 7.36. The highest BCUT2D eigenvalue weighted by Gasteiger charge is 2.36. The Balaban J connectivity index is 2.20. The first-order chi connectivity index (χ1) is 10.8. The topological polar surface area (TPSA) is 58.6 Å². The molecule has 1 aromatic rings. The highest BCUT2D eigenvalue weighted by Crippen LogP contribution is 2.25. The summed E-state index contributed by atoms with van der Waals surface area (Å²) in [6.45, 7) is 6.19. The van der Waals surface area contributed by atoms with Crippen LogP contribution < -0.4 is 5.32 Å². The van der Waals surface area contributed by atoms with E-state index in [9.17, 15) is 9.59 Å². The number of ether oxygens (including phenoxy) is 1. The number of methoxy groups -OCH3 is 1. The first-order valence-electron chi connectivity index (χ1n) is 7.61. The highest BCUT2D eigenvalue weighted by molar-refractivity contribution is 7.99. The molecule has 0 saturated carbocycles. The second-order valence-electron chi connectivity index (χ2n) is 6.62. The van der Waals surface area contributed by atoms with Crippen molar-refractivity contribution in [2.45, 2.75) is 39.0 Å². The van der Waals surface area contributed by atoms with Gasteiger partial charge in [0.2, 0.25) is 5.91 Å². The molecule has 1 atom stereocenters. The van der Waals surface area contributed by atoms with Gasteiger partial charge >= 0.3 is 0 Å². The van der Waals surface area contributed by atoms with E-state index < -0.39 is 6.04 Å². The number of nitrogens with zero attached hydrogens (tertiary/aromatic N) is 1. The van der Waals surface area contributed by atoms with Crippen LogP contribution in [0.25, 0.3) is 0 Å². The molecule has 1 heterocycles. The molecule has 5 nitrogen and oxygen atoms in total. The van der Waals surface area contributed by atoms with Gasteiger partial charge in [-0.1, -0.05) is 18.2 Å². The van der Waals surface area contributed by atoms with E-state index in [1.807, 2.05) is 39.0 Å². The van der Waals surface area contributed by atoms with Gasteiger partial charge in [-0.2, -0.15) is 0 Å². The third-order valence-corrected chi connectivity index (χ3v) is 4.50. The summed E-state index contributed by atoms with van der Waals surface area (Å²) in [6.07, 6.45) is 0. The average Bonchev–Trinajstić information content (AvgIpc) is 2.95. The summed E-state index contributed by atoms with van der Waals surface area (Å²) < 4.78 is 5.17. The van der Waals surface area contributed by atoms with Crippen molar-refractivity contribution in [1.29, 1.82) is 0 Å². The molecule has 0 aromatic heterocycles. The Labute approximate surface area is 141 Å². The Morgan fingerprint density at radius 2 is 2.04 bits per heavy atom. The maximum atomic E-state index is 12.9. The molecule has 1 aliphatic rings. The van der Waals surface area contributed by atoms with E-state index in [2.05, 4.69) is 5.32 Å². The molecule has 2 amide bonds. The molecule has 0 aliphatic carbocycles. The van der Waals surface area contributed by atoms with Crippen molar-refractivity contribution in [3.63, 3.8) is 0 Å². The molecular weight excluding hydrogens is 312 g/mol. The Kier molecular flexibility index (Phi) is 5.70. The van der Waals surface area contributed by atoms with E-state index in [0.29, 0.717) is 23.8 Å². The zero-order valence-electron chi connectivity index (χ0n) is 14.1. The van der Waals surface area contributed by atoms with E-state index in [1.54, 1.807) is 29.8 Å². The average molecular weight is 336 g/mol. The number of thioether (sulfide) groups is 1. The molecule has 1 saturated heterocycles. The number of carbonyl (C=O) groups is 2. The molecule has 126 valence electrons. The maximum Gasteiger partial charge on any atom is 0.255 e. The fraction of sp³-hybridized carbons (Fsp3) is 0.529. The van der Waals surface area contributed by atoms with Crippen LogP contribution in [0, 0.1) is 0 Å². The molecule has 6 heteroatoms. The Morgan fingerprint density at radius 3 is 2.70 bits per heavy atom. The van der Waals surface area contributed by atoms with Crippen LogP contribution in [0.1, 0.15) is 36.7 Å². The van der Waals surface area contributed by atoms with E-state index in [1.165, 1.54) is 0 Å². The molecule has 1 aliphatic heterocycles. The van der Waals surface area contributed by atoms with Crippen molar-refractivity contribution in [1.82, 2.24) is 10.2 Å². The molecule has 0 unspecified atom stereocenters. The Morgan fingerprint density at radius 1 is 1.35 bits per heavy atom. The predicted octanol–water partition coefficient (Wildman–Crippen LogP) is 2.26. The molecule has 2 rings (SSSR count). The number of hydrogen-bond donors (Lipinski definition) is 1. The molecule has 1 fully saturated rings. The zero-order valence-corrected chi connectivity index (χ0v) is 14.9. The largest absolute Gasteiger partial charge is 0.380 e. The smallest absolute Gasteiger partial charge is 0.255 e. The SMILES string of the molecule is COCc1ccccc1C(=O)N1CSC[C@@H]1C(=O)NC(C)(C)C. The van der Waals surface area contributed by atoms with Gasteiger partial charge < -0.3 is 15.0 Å². The van der Waals surface area contributed by atoms with Crippen LogP contribution in [0.5, 0.6) is 0 Å². The van der Waals surface area contributed by atoms with Crippen LogP contribution in [-0.4, -0.2) is 47.0 Å². The van der Waals surface area contributed by atoms with Gasteiger partial charge in [0.25, 0.3) is 5.91 Å². The summed E-state index contributed by atoms with van der Waals surface area (Å²) in [7, 11) is 1.60. The van der Waals surface area contributed by atoms with E-state index in [0.717, 1.165) is 5.56 Å². The third-order valence-electron chi connectivity index (χ3n) is 3.49. The molecular formula is C17H24N2O3S. The van der Waals surface area contributed by atoms with Crippen molar-refractivity contribution < 1.29 is 14.3 Å². The summed E-state index contributed by atoms with van der Waals surface area (Å²) in [5.74, 6) is 0.944. The van der Waals surface area contributed by atoms with Crippen LogP contribution in [0.2, 0.25) is 0 Å². The number of carbonyl (C=O) groups excluding carboxylic acids is 2. The Bertz CT molecular complexity index is 583. The number of benzene rings is 1. The summed E-state index contributed by atoms with van der Waals surface area (Å²) in [6, 6.07) is 6.96. The first-order valence-corrected chi connectivity index (χ1v) is 8.76. The second-order valence-corrected chi connectivity index (χ2v) is 7.62. The van der Waals surface area contributed by atoms with Crippen molar-refractivity contribution in [2.24, 2.45) is 0 Å². The molecule has 1 N–H and O–H groups in total. The van der Waals surface area contributed by atoms with Crippen LogP contribution in [0.15, 0.2) is 24.3 Å². The van der Waals surface area contributed by atoms with Crippen molar-refractivity contribution in [2.75, 3.05) is 18.7 Å². The fourth-order valence-electron chi connectivity index (χ4n) is 2.48. The van der Waals surface area contributed by atoms with E-state index in [-0.39, 0.29) is 17.4 Å². The van der Waals surface area contributed by atoms with Crippen molar-refractivity contribution in [3.05, 3.63) is 35.4 Å². The van der Waals surface area contributed by atoms with Gasteiger partial charge in [0.15, 0.2) is 0 Å². The number of rotatable bonds is 4. The van der Waals surface area contributed by atoms with Gasteiger partial charge in [0.05, 0.1) is 12.5 Å². The quantitative estimate of drug-likeness (QED) is 0.916. The lowest BCUT2D eigenvalue weighted by atomic mass is 10.1. The monoisotopic (exact) mass is 336 g/mol. The minimum absolute atomic E-state index is 0.0972. The van der Waals surface area contributed by atoms with E-state index >= 15 is 0 Å². The van der Waals surface area contributed by atoms with Gasteiger partial charge in [-0.3, -0.25) is 9.59 Å². The molecule has 0 bridgehead atoms. The van der Waals surface area contributed by atoms with Crippen LogP contribution in [0.4, 0.5) is 0 Å². The maximum absolute atomic E-state index is 12.9. The predicted molar refractivity (Wildman–Crippen MR) is 92.3 cm³/mol. The van der Waals surface area contributed by atoms with Gasteiger partial charge in [-0.15, -0.1) is 11.8 Å². The van der Waals surface area contributed by atoms with Crippen LogP contribution in [0.3, 0.4) is 0 Å². The van der Waals surface area contributed by atoms with Crippen LogP contribution >= 0.6 is 11.8 Å². The Hall–Kier alpha value is -1.53. The number of amides is 2. The van der Waals surface area contributed by atoms with Crippen LogP contribution in [-0.2, 0) is 16.1 Å². The third kappa shape index (κ3) is 4.48. The standard InChI is InChI=1S/C17H24N2O3S/c1-17(2,3)18-15(20)14-10-23-11-19(14)16(21)13-8-6-5-7-12(13)9-22-4/h5-8,14H,9-11H2,1-4H3,(H,18,20)/t14-/m1/s1.